The Morgan fingerprint density at radius 2 is 1.79 bits per heavy atom. The van der Waals surface area contributed by atoms with Crippen molar-refractivity contribution in [2.24, 2.45) is 5.10 Å². The van der Waals surface area contributed by atoms with Gasteiger partial charge in [-0.2, -0.15) is 33.2 Å². The van der Waals surface area contributed by atoms with Crippen molar-refractivity contribution in [3.8, 4) is 11.5 Å². The van der Waals surface area contributed by atoms with Crippen molar-refractivity contribution < 1.29 is 27.6 Å². The van der Waals surface area contributed by atoms with Gasteiger partial charge in [-0.3, -0.25) is 10.1 Å². The van der Waals surface area contributed by atoms with Crippen LogP contribution in [0.5, 0.6) is 11.5 Å². The average molecular weight is 476 g/mol. The number of halogens is 3. The third-order valence-electron chi connectivity index (χ3n) is 4.39. The molecule has 0 amide bonds. The van der Waals surface area contributed by atoms with E-state index in [2.05, 4.69) is 36.1 Å². The fourth-order valence-electron chi connectivity index (χ4n) is 2.86. The summed E-state index contributed by atoms with van der Waals surface area (Å²) >= 11 is 0. The zero-order valence-electron chi connectivity index (χ0n) is 17.3. The minimum atomic E-state index is -4.51. The minimum absolute atomic E-state index is 0.0510. The Hall–Kier alpha value is -4.69. The molecule has 2 heterocycles. The van der Waals surface area contributed by atoms with Crippen LogP contribution in [0.2, 0.25) is 0 Å². The van der Waals surface area contributed by atoms with Crippen molar-refractivity contribution >= 4 is 35.4 Å². The normalized spacial score (nSPS) is 12.6. The first-order valence-electron chi connectivity index (χ1n) is 9.48. The number of hydrogen-bond donors (Lipinski definition) is 3. The van der Waals surface area contributed by atoms with Crippen molar-refractivity contribution in [2.45, 2.75) is 6.18 Å². The van der Waals surface area contributed by atoms with Gasteiger partial charge in [-0.25, -0.2) is 5.43 Å². The molecule has 0 aliphatic carbocycles. The number of rotatable bonds is 7. The zero-order valence-corrected chi connectivity index (χ0v) is 17.3. The molecule has 0 spiro atoms. The molecule has 176 valence electrons. The van der Waals surface area contributed by atoms with Gasteiger partial charge in [0.25, 0.3) is 5.69 Å². The first-order valence-corrected chi connectivity index (χ1v) is 9.48. The molecule has 0 unspecified atom stereocenters. The molecule has 0 saturated carbocycles. The quantitative estimate of drug-likeness (QED) is 0.261. The maximum absolute atomic E-state index is 13.0. The van der Waals surface area contributed by atoms with Gasteiger partial charge in [0.1, 0.15) is 0 Å². The highest BCUT2D eigenvalue weighted by atomic mass is 19.4. The van der Waals surface area contributed by atoms with E-state index in [-0.39, 0.29) is 47.3 Å². The predicted octanol–water partition coefficient (Wildman–Crippen LogP) is 3.76. The second kappa shape index (κ2) is 9.05. The molecule has 0 atom stereocenters. The Bertz CT molecular complexity index is 1270. The van der Waals surface area contributed by atoms with Gasteiger partial charge in [0.05, 0.1) is 28.3 Å². The molecule has 3 aromatic rings. The van der Waals surface area contributed by atoms with E-state index in [0.717, 1.165) is 12.1 Å². The number of ether oxygens (including phenoxy) is 2. The van der Waals surface area contributed by atoms with Crippen LogP contribution >= 0.6 is 0 Å². The van der Waals surface area contributed by atoms with Crippen LogP contribution in [0.4, 0.5) is 42.4 Å². The van der Waals surface area contributed by atoms with Gasteiger partial charge in [0, 0.05) is 12.7 Å². The molecule has 4 rings (SSSR count). The predicted molar refractivity (Wildman–Crippen MR) is 115 cm³/mol. The van der Waals surface area contributed by atoms with E-state index < -0.39 is 16.7 Å². The zero-order chi connectivity index (χ0) is 24.3. The van der Waals surface area contributed by atoms with E-state index in [9.17, 15) is 23.3 Å². The van der Waals surface area contributed by atoms with Gasteiger partial charge in [0.2, 0.25) is 24.6 Å². The highest BCUT2D eigenvalue weighted by molar-refractivity contribution is 5.87. The summed E-state index contributed by atoms with van der Waals surface area (Å²) in [4.78, 5) is 22.9. The Morgan fingerprint density at radius 1 is 1.09 bits per heavy atom. The second-order valence-corrected chi connectivity index (χ2v) is 6.65. The SMILES string of the molecule is CNc1nc(N/N=C/c2cc3c(cc2[N+](=O)[O-])OCO3)nc(Nc2cccc(C(F)(F)F)c2)n1. The van der Waals surface area contributed by atoms with E-state index in [0.29, 0.717) is 5.75 Å². The number of anilines is 4. The number of aromatic nitrogens is 3. The lowest BCUT2D eigenvalue weighted by Crippen LogP contribution is -2.08. The summed E-state index contributed by atoms with van der Waals surface area (Å²) in [5.41, 5.74) is 1.66. The largest absolute Gasteiger partial charge is 0.454 e. The van der Waals surface area contributed by atoms with Crippen molar-refractivity contribution in [3.63, 3.8) is 0 Å². The standard InChI is InChI=1S/C19H15F3N8O4/c1-23-16-26-17(25-12-4-2-3-11(6-12)19(20,21)22)28-18(27-16)29-24-8-10-5-14-15(34-9-33-14)7-13(10)30(31)32/h2-8H,9H2,1H3,(H3,23,25,26,27,28,29)/b24-8+. The lowest BCUT2D eigenvalue weighted by Gasteiger charge is -2.11. The number of hydrogen-bond acceptors (Lipinski definition) is 11. The van der Waals surface area contributed by atoms with Crippen LogP contribution in [-0.2, 0) is 6.18 Å². The summed E-state index contributed by atoms with van der Waals surface area (Å²) < 4.78 is 49.2. The van der Waals surface area contributed by atoms with Crippen LogP contribution in [0.25, 0.3) is 0 Å². The molecule has 1 aromatic heterocycles. The summed E-state index contributed by atoms with van der Waals surface area (Å²) in [6, 6.07) is 7.14. The number of alkyl halides is 3. The lowest BCUT2D eigenvalue weighted by molar-refractivity contribution is -0.385. The van der Waals surface area contributed by atoms with Gasteiger partial charge in [-0.15, -0.1) is 0 Å². The molecule has 1 aliphatic rings. The Kier molecular flexibility index (Phi) is 5.99. The van der Waals surface area contributed by atoms with Crippen molar-refractivity contribution in [1.29, 1.82) is 0 Å². The van der Waals surface area contributed by atoms with Crippen LogP contribution in [0.15, 0.2) is 41.5 Å². The maximum atomic E-state index is 13.0. The number of hydrazone groups is 1. The van der Waals surface area contributed by atoms with Crippen LogP contribution in [0.3, 0.4) is 0 Å². The minimum Gasteiger partial charge on any atom is -0.454 e. The Balaban J connectivity index is 1.55. The number of nitrogens with one attached hydrogen (secondary N) is 3. The summed E-state index contributed by atoms with van der Waals surface area (Å²) in [5, 5.41) is 20.6. The van der Waals surface area contributed by atoms with E-state index in [4.69, 9.17) is 9.47 Å². The third kappa shape index (κ3) is 5.03. The van der Waals surface area contributed by atoms with Gasteiger partial charge in [-0.1, -0.05) is 6.07 Å². The topological polar surface area (TPSA) is 149 Å². The van der Waals surface area contributed by atoms with Gasteiger partial charge >= 0.3 is 6.18 Å². The van der Waals surface area contributed by atoms with Crippen LogP contribution in [0, 0.1) is 10.1 Å². The van der Waals surface area contributed by atoms with Crippen molar-refractivity contribution in [3.05, 3.63) is 57.6 Å². The number of fused-ring (bicyclic) bond motifs is 1. The summed E-state index contributed by atoms with van der Waals surface area (Å²) in [6.45, 7) is -0.0510. The third-order valence-corrected chi connectivity index (χ3v) is 4.39. The molecule has 12 nitrogen and oxygen atoms in total. The molecular formula is C19H15F3N8O4. The fraction of sp³-hybridized carbons (Fsp3) is 0.158. The number of benzene rings is 2. The van der Waals surface area contributed by atoms with Crippen LogP contribution in [0.1, 0.15) is 11.1 Å². The van der Waals surface area contributed by atoms with E-state index >= 15 is 0 Å². The maximum Gasteiger partial charge on any atom is 0.416 e. The molecular weight excluding hydrogens is 461 g/mol. The first kappa shape index (κ1) is 22.5. The fourth-order valence-corrected chi connectivity index (χ4v) is 2.86. The Morgan fingerprint density at radius 3 is 2.50 bits per heavy atom. The molecule has 1 aliphatic heterocycles. The molecule has 2 aromatic carbocycles. The van der Waals surface area contributed by atoms with E-state index in [1.165, 1.54) is 37.5 Å². The molecule has 0 fully saturated rings. The molecule has 34 heavy (non-hydrogen) atoms. The van der Waals surface area contributed by atoms with Gasteiger partial charge < -0.3 is 20.1 Å². The van der Waals surface area contributed by atoms with Gasteiger partial charge in [0.15, 0.2) is 11.5 Å². The summed E-state index contributed by atoms with van der Waals surface area (Å²) in [7, 11) is 1.53. The average Bonchev–Trinajstić information content (AvgIpc) is 3.25. The van der Waals surface area contributed by atoms with Gasteiger partial charge in [-0.05, 0) is 24.3 Å². The molecule has 0 radical (unpaired) electrons. The smallest absolute Gasteiger partial charge is 0.416 e. The number of nitrogens with zero attached hydrogens (tertiary/aromatic N) is 5. The molecule has 3 N–H and O–H groups in total. The second-order valence-electron chi connectivity index (χ2n) is 6.65. The summed E-state index contributed by atoms with van der Waals surface area (Å²) in [5.74, 6) is 0.533. The van der Waals surface area contributed by atoms with Crippen molar-refractivity contribution in [1.82, 2.24) is 15.0 Å². The van der Waals surface area contributed by atoms with Crippen LogP contribution < -0.4 is 25.5 Å². The van der Waals surface area contributed by atoms with Crippen molar-refractivity contribution in [2.75, 3.05) is 29.9 Å². The first-order chi connectivity index (χ1) is 16.2. The molecule has 15 heteroatoms. The lowest BCUT2D eigenvalue weighted by atomic mass is 10.1. The van der Waals surface area contributed by atoms with E-state index in [1.54, 1.807) is 0 Å². The van der Waals surface area contributed by atoms with E-state index in [1.807, 2.05) is 0 Å². The Labute approximate surface area is 189 Å². The summed E-state index contributed by atoms with van der Waals surface area (Å²) in [6.07, 6.45) is -3.34. The molecule has 0 saturated heterocycles. The number of nitro benzene ring substituents is 1. The molecule has 0 bridgehead atoms. The number of nitro groups is 1. The highest BCUT2D eigenvalue weighted by Crippen LogP contribution is 2.37. The monoisotopic (exact) mass is 476 g/mol. The highest BCUT2D eigenvalue weighted by Gasteiger charge is 2.30. The van der Waals surface area contributed by atoms with Crippen LogP contribution in [-0.4, -0.2) is 39.9 Å².